The topological polar surface area (TPSA) is 272 Å². The molecule has 4 aromatic rings. The Hall–Kier alpha value is -3.43. The Labute approximate surface area is 402 Å². The molecule has 0 amide bonds. The van der Waals surface area contributed by atoms with Gasteiger partial charge in [-0.1, -0.05) is 111 Å². The number of phosphoric ester groups is 1. The molecule has 26 heteroatoms. The van der Waals surface area contributed by atoms with Crippen LogP contribution >= 0.6 is 35.0 Å². The number of rotatable bonds is 22. The van der Waals surface area contributed by atoms with Crippen molar-refractivity contribution in [3.8, 4) is 5.75 Å². The van der Waals surface area contributed by atoms with Crippen molar-refractivity contribution in [3.63, 3.8) is 0 Å². The number of benzene rings is 2. The van der Waals surface area contributed by atoms with Gasteiger partial charge >= 0.3 is 29.4 Å². The van der Waals surface area contributed by atoms with E-state index in [-0.39, 0.29) is 41.0 Å². The van der Waals surface area contributed by atoms with E-state index >= 15 is 4.39 Å². The number of imidazole rings is 1. The van der Waals surface area contributed by atoms with Crippen molar-refractivity contribution >= 4 is 57.9 Å². The normalized spacial score (nSPS) is 20.3. The molecule has 0 bridgehead atoms. The number of nitrogens with one attached hydrogen (secondary N) is 1. The summed E-state index contributed by atoms with van der Waals surface area (Å²) in [5.41, 5.74) is 5.87. The quantitative estimate of drug-likeness (QED) is 0.0288. The number of para-hydroxylation sites is 1. The van der Waals surface area contributed by atoms with E-state index in [2.05, 4.69) is 75.7 Å². The van der Waals surface area contributed by atoms with Crippen molar-refractivity contribution in [2.24, 2.45) is 5.41 Å². The van der Waals surface area contributed by atoms with Gasteiger partial charge in [-0.2, -0.15) is 23.7 Å². The largest absolute Gasteiger partial charge is 0.490 e. The van der Waals surface area contributed by atoms with Gasteiger partial charge in [0.2, 0.25) is 5.28 Å². The van der Waals surface area contributed by atoms with Crippen molar-refractivity contribution in [3.05, 3.63) is 77.8 Å². The fourth-order valence-corrected chi connectivity index (χ4v) is 10.8. The van der Waals surface area contributed by atoms with Crippen molar-refractivity contribution in [1.29, 1.82) is 0 Å². The number of nitrogens with zero attached hydrogens (tertiary/aromatic N) is 6. The monoisotopic (exact) mass is 1040 g/mol. The average molecular weight is 1040 g/mol. The van der Waals surface area contributed by atoms with Crippen molar-refractivity contribution in [2.75, 3.05) is 58.2 Å². The lowest BCUT2D eigenvalue weighted by molar-refractivity contribution is -0.148. The molecule has 21 nitrogen and oxygen atoms in total. The number of hydrogen-bond acceptors (Lipinski definition) is 17. The number of fused-ring (bicyclic) bond motifs is 1. The number of aliphatic hydroxyl groups is 1. The first-order valence-electron chi connectivity index (χ1n) is 22.1. The number of aromatic nitrogens is 4. The Bertz CT molecular complexity index is 2270. The van der Waals surface area contributed by atoms with E-state index in [0.29, 0.717) is 5.56 Å². The molecule has 1 aliphatic rings. The van der Waals surface area contributed by atoms with Crippen molar-refractivity contribution < 1.29 is 64.9 Å². The van der Waals surface area contributed by atoms with Crippen LogP contribution in [0.1, 0.15) is 74.1 Å². The van der Waals surface area contributed by atoms with Gasteiger partial charge in [0, 0.05) is 0 Å². The van der Waals surface area contributed by atoms with Crippen LogP contribution in [0.15, 0.2) is 67.0 Å². The van der Waals surface area contributed by atoms with E-state index in [1.54, 1.807) is 57.2 Å². The van der Waals surface area contributed by atoms with Gasteiger partial charge in [0.05, 0.1) is 19.5 Å². The standard InChI is InChI=1S/C30H37ClFN6O13P3.2C6H15N/c1-30(2,3)16-46-28(40)20(14-18-10-6-4-7-11-18)37-52(41,49-19-12-8-5-9-13-19)50-54(44,45)51-53(42,43)47-15-21-24(39)22(32)27(48-21)38-17-34-23-25(33)35-29(31)36-26(23)38;2*1-4-7(5-2)6-3/h4-13,17,20-22,24,27,39H,14-16H2,1-3H3,(H,37,41)(H,42,43)(H,44,45)(H2,33,35,36);2*4-6H2,1-3H3/t20-,21+,22-,24+,27+,52?;;/m0../s1. The number of phosphoric acid groups is 2. The molecule has 1 aliphatic heterocycles. The van der Waals surface area contributed by atoms with E-state index in [1.165, 1.54) is 63.5 Å². The molecule has 1 saturated heterocycles. The van der Waals surface area contributed by atoms with Gasteiger partial charge in [0.1, 0.15) is 29.5 Å². The number of nitrogens with two attached hydrogens (primary N) is 1. The van der Waals surface area contributed by atoms with Gasteiger partial charge < -0.3 is 44.4 Å². The first kappa shape index (κ1) is 58.9. The first-order valence-corrected chi connectivity index (χ1v) is 27.0. The van der Waals surface area contributed by atoms with Crippen LogP contribution in [0.4, 0.5) is 10.2 Å². The van der Waals surface area contributed by atoms with Crippen molar-refractivity contribution in [1.82, 2.24) is 34.4 Å². The predicted molar refractivity (Wildman–Crippen MR) is 256 cm³/mol. The van der Waals surface area contributed by atoms with Gasteiger partial charge in [-0.3, -0.25) is 13.9 Å². The molecule has 0 spiro atoms. The predicted octanol–water partition coefficient (Wildman–Crippen LogP) is 7.58. The summed E-state index contributed by atoms with van der Waals surface area (Å²) in [6.07, 6.45) is -6.49. The Balaban J connectivity index is 0.000000759. The highest BCUT2D eigenvalue weighted by molar-refractivity contribution is 7.68. The molecule has 5 rings (SSSR count). The minimum absolute atomic E-state index is 0.0484. The summed E-state index contributed by atoms with van der Waals surface area (Å²) in [5.74, 6) is -1.21. The van der Waals surface area contributed by atoms with E-state index in [9.17, 15) is 33.4 Å². The Morgan fingerprint density at radius 2 is 1.44 bits per heavy atom. The highest BCUT2D eigenvalue weighted by Crippen LogP contribution is 2.67. The van der Waals surface area contributed by atoms with E-state index < -0.39 is 72.0 Å². The minimum atomic E-state index is -5.93. The van der Waals surface area contributed by atoms with Gasteiger partial charge in [-0.05, 0) is 80.4 Å². The number of ether oxygens (including phenoxy) is 2. The molecule has 0 saturated carbocycles. The SMILES string of the molecule is CC(C)(C)COC(=O)[C@H](Cc1ccccc1)NP(=O)(Oc1ccccc1)OP(=O)(O)OP(=O)(O)OC[C@H]1O[C@@H](n2cnc3c(N)nc(Cl)nc32)[C@@H](F)[C@@H]1O.CCN(CC)CC.CCN(CC)CC. The zero-order valence-electron chi connectivity index (χ0n) is 39.9. The molecule has 6 N–H and O–H groups in total. The lowest BCUT2D eigenvalue weighted by Crippen LogP contribution is -2.40. The third-order valence-corrected chi connectivity index (χ3v) is 15.0. The third-order valence-electron chi connectivity index (χ3n) is 9.99. The molecule has 0 radical (unpaired) electrons. The zero-order chi connectivity index (χ0) is 50.9. The molecule has 0 aliphatic carbocycles. The lowest BCUT2D eigenvalue weighted by atomic mass is 9.98. The summed E-state index contributed by atoms with van der Waals surface area (Å²) in [5, 5.41) is 12.5. The smallest absolute Gasteiger partial charge is 0.464 e. The second kappa shape index (κ2) is 27.2. The molecular weight excluding hydrogens is 972 g/mol. The number of alkyl halides is 1. The third kappa shape index (κ3) is 19.1. The molecule has 2 aromatic carbocycles. The number of carbonyl (C=O) groups is 1. The van der Waals surface area contributed by atoms with Crippen LogP contribution in [0, 0.1) is 5.41 Å². The first-order chi connectivity index (χ1) is 31.9. The van der Waals surface area contributed by atoms with Gasteiger partial charge in [-0.25, -0.2) is 23.1 Å². The van der Waals surface area contributed by atoms with Crippen LogP contribution in [0.5, 0.6) is 5.75 Å². The fraction of sp³-hybridized carbons (Fsp3) is 0.571. The summed E-state index contributed by atoms with van der Waals surface area (Å²) >= 11 is 5.86. The molecular formula is C42H67ClFN8O13P3. The van der Waals surface area contributed by atoms with Crippen LogP contribution in [-0.2, 0) is 47.5 Å². The molecule has 2 aromatic heterocycles. The number of nitrogen functional groups attached to an aromatic ring is 1. The fourth-order valence-electron chi connectivity index (χ4n) is 6.27. The summed E-state index contributed by atoms with van der Waals surface area (Å²) in [6, 6.07) is 14.0. The maximum atomic E-state index is 15.2. The van der Waals surface area contributed by atoms with E-state index in [4.69, 9.17) is 40.2 Å². The molecule has 3 heterocycles. The molecule has 8 atom stereocenters. The van der Waals surface area contributed by atoms with E-state index in [0.717, 1.165) is 10.9 Å². The van der Waals surface area contributed by atoms with E-state index in [1.807, 2.05) is 0 Å². The maximum absolute atomic E-state index is 15.2. The molecule has 3 unspecified atom stereocenters. The number of anilines is 1. The lowest BCUT2D eigenvalue weighted by Gasteiger charge is -2.27. The summed E-state index contributed by atoms with van der Waals surface area (Å²) in [4.78, 5) is 50.8. The molecule has 1 fully saturated rings. The molecule has 382 valence electrons. The Morgan fingerprint density at radius 1 is 0.897 bits per heavy atom. The summed E-state index contributed by atoms with van der Waals surface area (Å²) in [6.45, 7) is 24.5. The summed E-state index contributed by atoms with van der Waals surface area (Å²) in [7, 11) is -16.8. The van der Waals surface area contributed by atoms with Crippen LogP contribution in [0.25, 0.3) is 11.2 Å². The second-order valence-electron chi connectivity index (χ2n) is 16.3. The molecule has 68 heavy (non-hydrogen) atoms. The number of halogens is 2. The number of hydrogen-bond donors (Lipinski definition) is 5. The van der Waals surface area contributed by atoms with Crippen LogP contribution in [0.3, 0.4) is 0 Å². The number of carbonyl (C=O) groups excluding carboxylic acids is 1. The van der Waals surface area contributed by atoms with Crippen LogP contribution in [0.2, 0.25) is 5.28 Å². The van der Waals surface area contributed by atoms with Crippen molar-refractivity contribution in [2.45, 2.75) is 99.4 Å². The zero-order valence-corrected chi connectivity index (χ0v) is 43.3. The van der Waals surface area contributed by atoms with Crippen LogP contribution in [-0.4, -0.2) is 127 Å². The Morgan fingerprint density at radius 3 is 1.96 bits per heavy atom. The van der Waals surface area contributed by atoms with Gasteiger partial charge in [0.25, 0.3) is 0 Å². The minimum Gasteiger partial charge on any atom is -0.464 e. The second-order valence-corrected chi connectivity index (χ2v) is 21.5. The highest BCUT2D eigenvalue weighted by Gasteiger charge is 2.49. The highest BCUT2D eigenvalue weighted by atomic mass is 35.5. The van der Waals surface area contributed by atoms with Crippen LogP contribution < -0.4 is 15.3 Å². The maximum Gasteiger partial charge on any atom is 0.490 e. The summed E-state index contributed by atoms with van der Waals surface area (Å²) < 4.78 is 87.0. The number of esters is 1. The average Bonchev–Trinajstić information content (AvgIpc) is 3.82. The van der Waals surface area contributed by atoms with Gasteiger partial charge in [-0.15, -0.1) is 0 Å². The Kier molecular flexibility index (Phi) is 23.6. The number of aliphatic hydroxyl groups excluding tert-OH is 1. The van der Waals surface area contributed by atoms with Gasteiger partial charge in [0.15, 0.2) is 23.9 Å².